The van der Waals surface area contributed by atoms with Crippen LogP contribution < -0.4 is 10.6 Å². The van der Waals surface area contributed by atoms with Gasteiger partial charge in [0.05, 0.1) is 11.5 Å². The number of nitrogens with zero attached hydrogens (tertiary/aromatic N) is 1. The Kier molecular flexibility index (Phi) is 9.21. The average molecular weight is 424 g/mol. The lowest BCUT2D eigenvalue weighted by atomic mass is 9.95. The molecule has 1 amide bonds. The lowest BCUT2D eigenvalue weighted by molar-refractivity contribution is -0.118. The van der Waals surface area contributed by atoms with Crippen molar-refractivity contribution in [3.63, 3.8) is 0 Å². The predicted octanol–water partition coefficient (Wildman–Crippen LogP) is 6.17. The van der Waals surface area contributed by atoms with E-state index in [-0.39, 0.29) is 17.4 Å². The number of anilines is 1. The van der Waals surface area contributed by atoms with E-state index in [0.29, 0.717) is 5.13 Å². The number of amides is 1. The van der Waals surface area contributed by atoms with E-state index >= 15 is 0 Å². The normalized spacial score (nSPS) is 14.3. The summed E-state index contributed by atoms with van der Waals surface area (Å²) >= 11 is 1.52. The third kappa shape index (κ3) is 5.35. The van der Waals surface area contributed by atoms with Gasteiger partial charge in [-0.15, -0.1) is 0 Å². The molecule has 1 heterocycles. The highest BCUT2D eigenvalue weighted by Gasteiger charge is 2.51. The van der Waals surface area contributed by atoms with Gasteiger partial charge in [0, 0.05) is 11.1 Å². The van der Waals surface area contributed by atoms with E-state index in [4.69, 9.17) is 0 Å². The molecule has 1 atom stereocenters. The molecule has 1 unspecified atom stereocenters. The van der Waals surface area contributed by atoms with E-state index in [1.807, 2.05) is 89.5 Å². The summed E-state index contributed by atoms with van der Waals surface area (Å²) in [7, 11) is 1.93. The van der Waals surface area contributed by atoms with Crippen LogP contribution in [0.5, 0.6) is 0 Å². The van der Waals surface area contributed by atoms with Crippen molar-refractivity contribution >= 4 is 22.4 Å². The van der Waals surface area contributed by atoms with Crippen molar-refractivity contribution in [2.24, 2.45) is 0 Å². The fourth-order valence-corrected chi connectivity index (χ4v) is 4.29. The number of hydrogen-bond donors (Lipinski definition) is 2. The molecule has 30 heavy (non-hydrogen) atoms. The van der Waals surface area contributed by atoms with Crippen molar-refractivity contribution < 1.29 is 4.79 Å². The zero-order valence-electron chi connectivity index (χ0n) is 18.6. The third-order valence-corrected chi connectivity index (χ3v) is 5.94. The number of carbonyl (C=O) groups is 1. The van der Waals surface area contributed by atoms with E-state index < -0.39 is 0 Å². The highest BCUT2D eigenvalue weighted by atomic mass is 32.1. The summed E-state index contributed by atoms with van der Waals surface area (Å²) in [5.74, 6) is 0.0466. The number of hydrogen-bond acceptors (Lipinski definition) is 4. The van der Waals surface area contributed by atoms with Gasteiger partial charge in [-0.25, -0.2) is 4.98 Å². The Bertz CT molecular complexity index is 889. The summed E-state index contributed by atoms with van der Waals surface area (Å²) in [6.07, 6.45) is 3.63. The summed E-state index contributed by atoms with van der Waals surface area (Å²) < 4.78 is 0. The maximum absolute atomic E-state index is 12.9. The third-order valence-electron chi connectivity index (χ3n) is 4.96. The van der Waals surface area contributed by atoms with Gasteiger partial charge in [-0.3, -0.25) is 4.79 Å². The predicted molar refractivity (Wildman–Crippen MR) is 128 cm³/mol. The van der Waals surface area contributed by atoms with Gasteiger partial charge < -0.3 is 10.6 Å². The molecular weight excluding hydrogens is 390 g/mol. The zero-order valence-corrected chi connectivity index (χ0v) is 19.4. The summed E-state index contributed by atoms with van der Waals surface area (Å²) in [6.45, 7) is 8.00. The van der Waals surface area contributed by atoms with Gasteiger partial charge in [0.1, 0.15) is 0 Å². The molecule has 1 aromatic heterocycles. The molecule has 0 saturated heterocycles. The molecule has 5 heteroatoms. The monoisotopic (exact) mass is 423 g/mol. The van der Waals surface area contributed by atoms with E-state index in [1.54, 1.807) is 0 Å². The number of rotatable bonds is 6. The average Bonchev–Trinajstić information content (AvgIpc) is 3.53. The first-order valence-corrected chi connectivity index (χ1v) is 11.6. The second-order valence-corrected chi connectivity index (χ2v) is 7.66. The second-order valence-electron chi connectivity index (χ2n) is 6.60. The molecule has 1 fully saturated rings. The standard InChI is InChI=1S/C21H21N3OS.2C2H6/c1-22-18(15-8-4-2-5-9-15)17-14-23-20(26-17)24-19(25)21(12-13-21)16-10-6-3-7-11-16;2*1-2/h2-11,14,18,22H,12-13H2,1H3,(H,23,24,25);2*1-2H3. The molecule has 0 radical (unpaired) electrons. The molecule has 1 saturated carbocycles. The highest BCUT2D eigenvalue weighted by Crippen LogP contribution is 2.49. The van der Waals surface area contributed by atoms with E-state index in [2.05, 4.69) is 27.8 Å². The van der Waals surface area contributed by atoms with E-state index in [9.17, 15) is 4.79 Å². The van der Waals surface area contributed by atoms with Crippen LogP contribution in [0, 0.1) is 0 Å². The number of thiazole rings is 1. The molecule has 0 bridgehead atoms. The number of carbonyl (C=O) groups excluding carboxylic acids is 1. The quantitative estimate of drug-likeness (QED) is 0.498. The smallest absolute Gasteiger partial charge is 0.236 e. The summed E-state index contributed by atoms with van der Waals surface area (Å²) in [5, 5.41) is 7.02. The van der Waals surface area contributed by atoms with Gasteiger partial charge in [-0.1, -0.05) is 99.7 Å². The largest absolute Gasteiger partial charge is 0.309 e. The second kappa shape index (κ2) is 11.6. The maximum atomic E-state index is 12.9. The van der Waals surface area contributed by atoms with E-state index in [0.717, 1.165) is 23.3 Å². The molecule has 2 N–H and O–H groups in total. The first kappa shape index (κ1) is 23.8. The Hall–Kier alpha value is -2.50. The number of benzene rings is 2. The van der Waals surface area contributed by atoms with Crippen LogP contribution >= 0.6 is 11.3 Å². The van der Waals surface area contributed by atoms with Crippen molar-refractivity contribution in [3.8, 4) is 0 Å². The van der Waals surface area contributed by atoms with Crippen LogP contribution in [0.2, 0.25) is 0 Å². The first-order valence-electron chi connectivity index (χ1n) is 10.8. The Balaban J connectivity index is 0.000000757. The first-order chi connectivity index (χ1) is 14.7. The molecule has 1 aliphatic rings. The molecule has 0 spiro atoms. The van der Waals surface area contributed by atoms with Crippen LogP contribution in [-0.2, 0) is 10.2 Å². The van der Waals surface area contributed by atoms with Crippen LogP contribution in [0.15, 0.2) is 66.9 Å². The van der Waals surface area contributed by atoms with Crippen LogP contribution in [0.3, 0.4) is 0 Å². The Morgan fingerprint density at radius 1 is 0.967 bits per heavy atom. The SMILES string of the molecule is CC.CC.CNC(c1ccccc1)c1cnc(NC(=O)C2(c3ccccc3)CC2)s1. The summed E-state index contributed by atoms with van der Waals surface area (Å²) in [5.41, 5.74) is 1.89. The van der Waals surface area contributed by atoms with Crippen molar-refractivity contribution in [2.75, 3.05) is 12.4 Å². The van der Waals surface area contributed by atoms with Crippen LogP contribution in [0.4, 0.5) is 5.13 Å². The molecule has 3 aromatic rings. The van der Waals surface area contributed by atoms with Gasteiger partial charge >= 0.3 is 0 Å². The minimum Gasteiger partial charge on any atom is -0.309 e. The fraction of sp³-hybridized carbons (Fsp3) is 0.360. The van der Waals surface area contributed by atoms with Gasteiger partial charge in [-0.2, -0.15) is 0 Å². The van der Waals surface area contributed by atoms with Gasteiger partial charge in [0.15, 0.2) is 5.13 Å². The van der Waals surface area contributed by atoms with Gasteiger partial charge in [-0.05, 0) is 31.0 Å². The van der Waals surface area contributed by atoms with Crippen molar-refractivity contribution in [3.05, 3.63) is 82.9 Å². The Labute approximate surface area is 184 Å². The highest BCUT2D eigenvalue weighted by molar-refractivity contribution is 7.15. The minimum atomic E-state index is -0.380. The molecule has 160 valence electrons. The maximum Gasteiger partial charge on any atom is 0.236 e. The molecule has 4 nitrogen and oxygen atoms in total. The number of aromatic nitrogens is 1. The lowest BCUT2D eigenvalue weighted by Crippen LogP contribution is -2.27. The summed E-state index contributed by atoms with van der Waals surface area (Å²) in [4.78, 5) is 18.4. The molecule has 0 aliphatic heterocycles. The van der Waals surface area contributed by atoms with Crippen LogP contribution in [0.1, 0.15) is 62.6 Å². The Morgan fingerprint density at radius 2 is 1.53 bits per heavy atom. The summed E-state index contributed by atoms with van der Waals surface area (Å²) in [6, 6.07) is 20.3. The van der Waals surface area contributed by atoms with Crippen molar-refractivity contribution in [2.45, 2.75) is 52.0 Å². The van der Waals surface area contributed by atoms with Gasteiger partial charge in [0.25, 0.3) is 0 Å². The molecule has 2 aromatic carbocycles. The van der Waals surface area contributed by atoms with E-state index in [1.165, 1.54) is 16.9 Å². The fourth-order valence-electron chi connectivity index (χ4n) is 3.34. The molecule has 1 aliphatic carbocycles. The van der Waals surface area contributed by atoms with Crippen LogP contribution in [0.25, 0.3) is 0 Å². The van der Waals surface area contributed by atoms with Crippen LogP contribution in [-0.4, -0.2) is 17.9 Å². The minimum absolute atomic E-state index is 0.0466. The topological polar surface area (TPSA) is 54.0 Å². The number of nitrogens with one attached hydrogen (secondary N) is 2. The lowest BCUT2D eigenvalue weighted by Gasteiger charge is -2.15. The molecule has 4 rings (SSSR count). The Morgan fingerprint density at radius 3 is 2.07 bits per heavy atom. The zero-order chi connectivity index (χ0) is 22.0. The van der Waals surface area contributed by atoms with Gasteiger partial charge in [0.2, 0.25) is 5.91 Å². The van der Waals surface area contributed by atoms with Crippen molar-refractivity contribution in [1.29, 1.82) is 0 Å². The van der Waals surface area contributed by atoms with Crippen molar-refractivity contribution in [1.82, 2.24) is 10.3 Å². The molecular formula is C25H33N3OS.